The molecule has 1 aliphatic rings. The summed E-state index contributed by atoms with van der Waals surface area (Å²) < 4.78 is 0. The van der Waals surface area contributed by atoms with Gasteiger partial charge in [0.2, 0.25) is 5.91 Å². The summed E-state index contributed by atoms with van der Waals surface area (Å²) in [6, 6.07) is 11.1. The molecule has 1 N–H and O–H groups in total. The lowest BCUT2D eigenvalue weighted by Crippen LogP contribution is -2.52. The number of likely N-dealkylation sites (N-methyl/N-ethyl adjacent to an activating group) is 1. The standard InChI is InChI=1S/C16H23ClN2O/c1-19(12-13-7-3-2-4-8-13)15-10-6-5-9-14(15)18-16(20)11-17/h2-4,7-8,14-15H,5-6,9-12H2,1H3,(H,18,20). The molecule has 1 saturated carbocycles. The van der Waals surface area contributed by atoms with E-state index in [4.69, 9.17) is 11.6 Å². The Morgan fingerprint density at radius 1 is 1.30 bits per heavy atom. The summed E-state index contributed by atoms with van der Waals surface area (Å²) in [5.74, 6) is -0.0114. The molecule has 0 heterocycles. The molecule has 2 atom stereocenters. The van der Waals surface area contributed by atoms with Gasteiger partial charge in [0.05, 0.1) is 0 Å². The van der Waals surface area contributed by atoms with E-state index in [-0.39, 0.29) is 17.8 Å². The van der Waals surface area contributed by atoms with E-state index in [0.717, 1.165) is 19.4 Å². The van der Waals surface area contributed by atoms with Gasteiger partial charge in [-0.3, -0.25) is 9.69 Å². The lowest BCUT2D eigenvalue weighted by atomic mass is 9.89. The Morgan fingerprint density at radius 3 is 2.70 bits per heavy atom. The van der Waals surface area contributed by atoms with Gasteiger partial charge in [-0.1, -0.05) is 43.2 Å². The first kappa shape index (κ1) is 15.3. The molecular formula is C16H23ClN2O. The first-order valence-electron chi connectivity index (χ1n) is 7.30. The van der Waals surface area contributed by atoms with Gasteiger partial charge < -0.3 is 5.32 Å². The Morgan fingerprint density at radius 2 is 2.00 bits per heavy atom. The maximum Gasteiger partial charge on any atom is 0.235 e. The van der Waals surface area contributed by atoms with Crippen LogP contribution in [0.15, 0.2) is 30.3 Å². The van der Waals surface area contributed by atoms with Crippen molar-refractivity contribution in [2.75, 3.05) is 12.9 Å². The fraction of sp³-hybridized carbons (Fsp3) is 0.562. The Labute approximate surface area is 126 Å². The van der Waals surface area contributed by atoms with Gasteiger partial charge in [-0.15, -0.1) is 11.6 Å². The van der Waals surface area contributed by atoms with E-state index in [0.29, 0.717) is 6.04 Å². The molecule has 0 aliphatic heterocycles. The highest BCUT2D eigenvalue weighted by Crippen LogP contribution is 2.23. The van der Waals surface area contributed by atoms with Gasteiger partial charge in [0.1, 0.15) is 5.88 Å². The van der Waals surface area contributed by atoms with E-state index < -0.39 is 0 Å². The predicted octanol–water partition coefficient (Wildman–Crippen LogP) is 2.78. The number of benzene rings is 1. The molecule has 4 heteroatoms. The Hall–Kier alpha value is -1.06. The number of hydrogen-bond acceptors (Lipinski definition) is 2. The van der Waals surface area contributed by atoms with Crippen LogP contribution in [0.25, 0.3) is 0 Å². The van der Waals surface area contributed by atoms with Crippen molar-refractivity contribution in [3.8, 4) is 0 Å². The van der Waals surface area contributed by atoms with Crippen LogP contribution in [-0.4, -0.2) is 35.8 Å². The average molecular weight is 295 g/mol. The number of amides is 1. The first-order valence-corrected chi connectivity index (χ1v) is 7.83. The summed E-state index contributed by atoms with van der Waals surface area (Å²) in [5.41, 5.74) is 1.31. The van der Waals surface area contributed by atoms with Crippen molar-refractivity contribution < 1.29 is 4.79 Å². The van der Waals surface area contributed by atoms with Gasteiger partial charge in [0.25, 0.3) is 0 Å². The van der Waals surface area contributed by atoms with Crippen LogP contribution in [0, 0.1) is 0 Å². The second-order valence-electron chi connectivity index (χ2n) is 5.56. The number of nitrogens with one attached hydrogen (secondary N) is 1. The first-order chi connectivity index (χ1) is 9.70. The summed E-state index contributed by atoms with van der Waals surface area (Å²) in [4.78, 5) is 13.9. The van der Waals surface area contributed by atoms with E-state index in [1.165, 1.54) is 18.4 Å². The molecule has 1 amide bonds. The summed E-state index contributed by atoms with van der Waals surface area (Å²) in [6.07, 6.45) is 4.60. The van der Waals surface area contributed by atoms with E-state index in [1.54, 1.807) is 0 Å². The van der Waals surface area contributed by atoms with Crippen molar-refractivity contribution in [1.82, 2.24) is 10.2 Å². The number of halogens is 1. The van der Waals surface area contributed by atoms with Gasteiger partial charge in [-0.05, 0) is 25.5 Å². The second kappa shape index (κ2) is 7.65. The Balaban J connectivity index is 1.98. The van der Waals surface area contributed by atoms with Crippen LogP contribution in [0.4, 0.5) is 0 Å². The highest BCUT2D eigenvalue weighted by molar-refractivity contribution is 6.27. The van der Waals surface area contributed by atoms with Crippen LogP contribution in [0.2, 0.25) is 0 Å². The molecule has 0 bridgehead atoms. The van der Waals surface area contributed by atoms with Crippen LogP contribution in [0.5, 0.6) is 0 Å². The third kappa shape index (κ3) is 4.22. The third-order valence-electron chi connectivity index (χ3n) is 4.04. The maximum absolute atomic E-state index is 11.5. The van der Waals surface area contributed by atoms with Gasteiger partial charge >= 0.3 is 0 Å². The summed E-state index contributed by atoms with van der Waals surface area (Å²) >= 11 is 5.60. The van der Waals surface area contributed by atoms with Gasteiger partial charge in [-0.25, -0.2) is 0 Å². The van der Waals surface area contributed by atoms with E-state index in [9.17, 15) is 4.79 Å². The SMILES string of the molecule is CN(Cc1ccccc1)C1CCCCC1NC(=O)CCl. The van der Waals surface area contributed by atoms with Crippen molar-refractivity contribution in [3.63, 3.8) is 0 Å². The largest absolute Gasteiger partial charge is 0.351 e. The van der Waals surface area contributed by atoms with Crippen LogP contribution in [-0.2, 0) is 11.3 Å². The number of nitrogens with zero attached hydrogens (tertiary/aromatic N) is 1. The van der Waals surface area contributed by atoms with Crippen LogP contribution < -0.4 is 5.32 Å². The van der Waals surface area contributed by atoms with Gasteiger partial charge in [-0.2, -0.15) is 0 Å². The van der Waals surface area contributed by atoms with E-state index >= 15 is 0 Å². The third-order valence-corrected chi connectivity index (χ3v) is 4.28. The van der Waals surface area contributed by atoms with Crippen molar-refractivity contribution in [1.29, 1.82) is 0 Å². The van der Waals surface area contributed by atoms with Gasteiger partial charge in [0.15, 0.2) is 0 Å². The lowest BCUT2D eigenvalue weighted by molar-refractivity contribution is -0.120. The molecule has 0 radical (unpaired) electrons. The zero-order valence-corrected chi connectivity index (χ0v) is 12.8. The topological polar surface area (TPSA) is 32.3 Å². The fourth-order valence-corrected chi connectivity index (χ4v) is 3.12. The molecule has 110 valence electrons. The van der Waals surface area contributed by atoms with Crippen LogP contribution >= 0.6 is 11.6 Å². The number of carbonyl (C=O) groups excluding carboxylic acids is 1. The zero-order chi connectivity index (χ0) is 14.4. The van der Waals surface area contributed by atoms with E-state index in [2.05, 4.69) is 41.5 Å². The van der Waals surface area contributed by atoms with E-state index in [1.807, 2.05) is 6.07 Å². The minimum atomic E-state index is -0.0586. The van der Waals surface area contributed by atoms with Crippen molar-refractivity contribution in [2.24, 2.45) is 0 Å². The maximum atomic E-state index is 11.5. The molecule has 0 spiro atoms. The monoisotopic (exact) mass is 294 g/mol. The number of hydrogen-bond donors (Lipinski definition) is 1. The smallest absolute Gasteiger partial charge is 0.235 e. The summed E-state index contributed by atoms with van der Waals surface area (Å²) in [7, 11) is 2.14. The quantitative estimate of drug-likeness (QED) is 0.847. The Kier molecular flexibility index (Phi) is 5.86. The minimum Gasteiger partial charge on any atom is -0.351 e. The Bertz CT molecular complexity index is 424. The molecule has 1 aromatic carbocycles. The average Bonchev–Trinajstić information content (AvgIpc) is 2.48. The molecular weight excluding hydrogens is 272 g/mol. The minimum absolute atomic E-state index is 0.0472. The number of alkyl halides is 1. The number of rotatable bonds is 5. The molecule has 0 aromatic heterocycles. The fourth-order valence-electron chi connectivity index (χ4n) is 3.04. The summed E-state index contributed by atoms with van der Waals surface area (Å²) in [5, 5.41) is 3.07. The molecule has 1 fully saturated rings. The number of carbonyl (C=O) groups is 1. The van der Waals surface area contributed by atoms with Crippen molar-refractivity contribution in [3.05, 3.63) is 35.9 Å². The van der Waals surface area contributed by atoms with Crippen LogP contribution in [0.1, 0.15) is 31.2 Å². The highest BCUT2D eigenvalue weighted by atomic mass is 35.5. The van der Waals surface area contributed by atoms with Crippen molar-refractivity contribution in [2.45, 2.75) is 44.3 Å². The normalized spacial score (nSPS) is 22.8. The molecule has 20 heavy (non-hydrogen) atoms. The zero-order valence-electron chi connectivity index (χ0n) is 12.0. The molecule has 1 aromatic rings. The highest BCUT2D eigenvalue weighted by Gasteiger charge is 2.29. The van der Waals surface area contributed by atoms with Gasteiger partial charge in [0, 0.05) is 18.6 Å². The predicted molar refractivity (Wildman–Crippen MR) is 82.8 cm³/mol. The second-order valence-corrected chi connectivity index (χ2v) is 5.83. The lowest BCUT2D eigenvalue weighted by Gasteiger charge is -2.38. The molecule has 3 nitrogen and oxygen atoms in total. The molecule has 2 unspecified atom stereocenters. The van der Waals surface area contributed by atoms with Crippen molar-refractivity contribution >= 4 is 17.5 Å². The summed E-state index contributed by atoms with van der Waals surface area (Å²) in [6.45, 7) is 0.915. The van der Waals surface area contributed by atoms with Crippen LogP contribution in [0.3, 0.4) is 0 Å². The molecule has 2 rings (SSSR count). The molecule has 0 saturated heterocycles. The molecule has 1 aliphatic carbocycles.